The van der Waals surface area contributed by atoms with Gasteiger partial charge in [-0.05, 0) is 61.2 Å². The second-order valence-electron chi connectivity index (χ2n) is 8.18. The van der Waals surface area contributed by atoms with Gasteiger partial charge in [-0.25, -0.2) is 4.79 Å². The molecule has 2 aromatic rings. The van der Waals surface area contributed by atoms with Crippen molar-refractivity contribution in [2.45, 2.75) is 37.4 Å². The molecule has 2 bridgehead atoms. The Kier molecular flexibility index (Phi) is 4.85. The molecule has 4 aliphatic rings. The summed E-state index contributed by atoms with van der Waals surface area (Å²) < 4.78 is 1.05. The van der Waals surface area contributed by atoms with E-state index in [0.717, 1.165) is 29.7 Å². The second kappa shape index (κ2) is 7.48. The van der Waals surface area contributed by atoms with Crippen LogP contribution in [0.25, 0.3) is 0 Å². The van der Waals surface area contributed by atoms with Gasteiger partial charge >= 0.3 is 6.03 Å². The van der Waals surface area contributed by atoms with Crippen LogP contribution in [0.15, 0.2) is 53.3 Å². The number of fused-ring (bicyclic) bond motifs is 2. The van der Waals surface area contributed by atoms with E-state index in [0.29, 0.717) is 30.5 Å². The molecular formula is C22H25BrN4O. The molecule has 2 amide bonds. The highest BCUT2D eigenvalue weighted by molar-refractivity contribution is 9.10. The zero-order valence-electron chi connectivity index (χ0n) is 15.8. The molecular weight excluding hydrogens is 416 g/mol. The molecule has 146 valence electrons. The van der Waals surface area contributed by atoms with Gasteiger partial charge in [-0.1, -0.05) is 34.1 Å². The molecule has 1 N–H and O–H groups in total. The van der Waals surface area contributed by atoms with E-state index in [1.807, 2.05) is 42.7 Å². The van der Waals surface area contributed by atoms with Gasteiger partial charge in [-0.2, -0.15) is 0 Å². The maximum atomic E-state index is 13.2. The Balaban J connectivity index is 1.36. The largest absolute Gasteiger partial charge is 0.334 e. The third-order valence-corrected chi connectivity index (χ3v) is 7.25. The van der Waals surface area contributed by atoms with E-state index >= 15 is 0 Å². The summed E-state index contributed by atoms with van der Waals surface area (Å²) in [5.74, 6) is 0.968. The smallest absolute Gasteiger partial charge is 0.318 e. The fourth-order valence-electron chi connectivity index (χ4n) is 5.42. The molecule has 3 unspecified atom stereocenters. The molecule has 0 saturated carbocycles. The van der Waals surface area contributed by atoms with E-state index < -0.39 is 0 Å². The van der Waals surface area contributed by atoms with E-state index in [9.17, 15) is 4.79 Å². The summed E-state index contributed by atoms with van der Waals surface area (Å²) in [6.07, 6.45) is 6.22. The summed E-state index contributed by atoms with van der Waals surface area (Å²) in [6.45, 7) is 3.67. The number of piperidine rings is 3. The Morgan fingerprint density at radius 2 is 1.93 bits per heavy atom. The highest BCUT2D eigenvalue weighted by atomic mass is 79.9. The Hall–Kier alpha value is -1.92. The Morgan fingerprint density at radius 1 is 1.14 bits per heavy atom. The van der Waals surface area contributed by atoms with E-state index in [1.54, 1.807) is 0 Å². The number of halogens is 1. The molecule has 0 spiro atoms. The number of carbonyl (C=O) groups is 1. The number of urea groups is 1. The summed E-state index contributed by atoms with van der Waals surface area (Å²) in [4.78, 5) is 22.2. The van der Waals surface area contributed by atoms with Crippen LogP contribution in [0.5, 0.6) is 0 Å². The molecule has 1 aromatic carbocycles. The predicted octanol–water partition coefficient (Wildman–Crippen LogP) is 3.62. The van der Waals surface area contributed by atoms with Crippen LogP contribution in [0.2, 0.25) is 0 Å². The first-order chi connectivity index (χ1) is 13.7. The molecule has 0 radical (unpaired) electrons. The third-order valence-electron chi connectivity index (χ3n) is 6.72. The number of aromatic nitrogens is 1. The summed E-state index contributed by atoms with van der Waals surface area (Å²) in [5.41, 5.74) is 2.37. The van der Waals surface area contributed by atoms with Crippen molar-refractivity contribution in [1.29, 1.82) is 0 Å². The van der Waals surface area contributed by atoms with Gasteiger partial charge in [0.05, 0.1) is 6.04 Å². The van der Waals surface area contributed by atoms with E-state index in [4.69, 9.17) is 0 Å². The van der Waals surface area contributed by atoms with Crippen molar-refractivity contribution in [2.75, 3.05) is 19.6 Å². The Morgan fingerprint density at radius 3 is 2.64 bits per heavy atom. The predicted molar refractivity (Wildman–Crippen MR) is 112 cm³/mol. The molecule has 4 aliphatic heterocycles. The SMILES string of the molecule is O=C(NCc1ccc(Br)cc1)N1CC(c2cccnc2)C2C1C1CCN2CC1. The number of nitrogens with zero attached hydrogens (tertiary/aromatic N) is 3. The van der Waals surface area contributed by atoms with E-state index in [2.05, 4.69) is 42.1 Å². The first kappa shape index (κ1) is 18.1. The molecule has 0 aliphatic carbocycles. The van der Waals surface area contributed by atoms with Gasteiger partial charge < -0.3 is 10.2 Å². The van der Waals surface area contributed by atoms with Gasteiger partial charge in [0, 0.05) is 41.9 Å². The number of hydrogen-bond donors (Lipinski definition) is 1. The highest BCUT2D eigenvalue weighted by Crippen LogP contribution is 2.46. The van der Waals surface area contributed by atoms with E-state index in [-0.39, 0.29) is 6.03 Å². The minimum Gasteiger partial charge on any atom is -0.334 e. The van der Waals surface area contributed by atoms with Crippen LogP contribution >= 0.6 is 15.9 Å². The number of pyridine rings is 1. The average Bonchev–Trinajstić information content (AvgIpc) is 3.18. The zero-order chi connectivity index (χ0) is 19.1. The number of benzene rings is 1. The first-order valence-electron chi connectivity index (χ1n) is 10.1. The normalized spacial score (nSPS) is 30.9. The lowest BCUT2D eigenvalue weighted by Crippen LogP contribution is -2.61. The van der Waals surface area contributed by atoms with Crippen molar-refractivity contribution in [3.8, 4) is 0 Å². The minimum atomic E-state index is 0.0676. The lowest BCUT2D eigenvalue weighted by molar-refractivity contribution is 0.00349. The highest BCUT2D eigenvalue weighted by Gasteiger charge is 2.54. The van der Waals surface area contributed by atoms with Crippen LogP contribution < -0.4 is 5.32 Å². The molecule has 5 nitrogen and oxygen atoms in total. The maximum absolute atomic E-state index is 13.2. The number of nitrogens with one attached hydrogen (secondary N) is 1. The van der Waals surface area contributed by atoms with Crippen molar-refractivity contribution in [3.63, 3.8) is 0 Å². The molecule has 6 heteroatoms. The zero-order valence-corrected chi connectivity index (χ0v) is 17.4. The fraction of sp³-hybridized carbons (Fsp3) is 0.455. The Bertz CT molecular complexity index is 835. The van der Waals surface area contributed by atoms with E-state index in [1.165, 1.54) is 18.4 Å². The van der Waals surface area contributed by atoms with Crippen molar-refractivity contribution < 1.29 is 4.79 Å². The van der Waals surface area contributed by atoms with Crippen LogP contribution in [0.1, 0.15) is 29.9 Å². The van der Waals surface area contributed by atoms with Gasteiger partial charge in [-0.15, -0.1) is 0 Å². The number of likely N-dealkylation sites (tertiary alicyclic amines) is 1. The number of hydrogen-bond acceptors (Lipinski definition) is 3. The standard InChI is InChI=1S/C22H25BrN4O/c23-18-5-3-15(4-6-18)12-25-22(28)27-14-19(17-2-1-9-24-13-17)21-20(27)16-7-10-26(21)11-8-16/h1-6,9,13,16,19-21H,7-8,10-12,14H2,(H,25,28). The maximum Gasteiger partial charge on any atom is 0.318 e. The lowest BCUT2D eigenvalue weighted by Gasteiger charge is -2.51. The van der Waals surface area contributed by atoms with Crippen molar-refractivity contribution in [3.05, 3.63) is 64.4 Å². The quantitative estimate of drug-likeness (QED) is 0.792. The summed E-state index contributed by atoms with van der Waals surface area (Å²) in [7, 11) is 0. The number of rotatable bonds is 3. The van der Waals surface area contributed by atoms with Crippen molar-refractivity contribution in [1.82, 2.24) is 20.1 Å². The van der Waals surface area contributed by atoms with Gasteiger partial charge in [0.25, 0.3) is 0 Å². The molecule has 6 rings (SSSR count). The van der Waals surface area contributed by atoms with Crippen LogP contribution in [0.4, 0.5) is 4.79 Å². The summed E-state index contributed by atoms with van der Waals surface area (Å²) in [5, 5.41) is 3.16. The Labute approximate surface area is 174 Å². The van der Waals surface area contributed by atoms with Crippen LogP contribution in [-0.4, -0.2) is 52.5 Å². The summed E-state index contributed by atoms with van der Waals surface area (Å²) in [6, 6.07) is 13.1. The lowest BCUT2D eigenvalue weighted by atomic mass is 9.75. The average molecular weight is 441 g/mol. The van der Waals surface area contributed by atoms with Crippen LogP contribution in [-0.2, 0) is 6.54 Å². The van der Waals surface area contributed by atoms with Gasteiger partial charge in [0.1, 0.15) is 0 Å². The fourth-order valence-corrected chi connectivity index (χ4v) is 5.69. The van der Waals surface area contributed by atoms with Gasteiger partial charge in [0.2, 0.25) is 0 Å². The molecule has 28 heavy (non-hydrogen) atoms. The molecule has 3 atom stereocenters. The van der Waals surface area contributed by atoms with Crippen LogP contribution in [0, 0.1) is 5.92 Å². The first-order valence-corrected chi connectivity index (χ1v) is 10.9. The molecule has 5 heterocycles. The molecule has 4 fully saturated rings. The second-order valence-corrected chi connectivity index (χ2v) is 9.10. The van der Waals surface area contributed by atoms with Gasteiger partial charge in [0.15, 0.2) is 0 Å². The van der Waals surface area contributed by atoms with Gasteiger partial charge in [-0.3, -0.25) is 9.88 Å². The minimum absolute atomic E-state index is 0.0676. The molecule has 4 saturated heterocycles. The topological polar surface area (TPSA) is 48.5 Å². The number of carbonyl (C=O) groups excluding carboxylic acids is 1. The van der Waals surface area contributed by atoms with Crippen LogP contribution in [0.3, 0.4) is 0 Å². The number of amides is 2. The third kappa shape index (κ3) is 3.22. The monoisotopic (exact) mass is 440 g/mol. The summed E-state index contributed by atoms with van der Waals surface area (Å²) >= 11 is 3.46. The molecule has 1 aromatic heterocycles. The van der Waals surface area contributed by atoms with Crippen molar-refractivity contribution in [2.24, 2.45) is 5.92 Å². The van der Waals surface area contributed by atoms with Crippen molar-refractivity contribution >= 4 is 22.0 Å².